The Labute approximate surface area is 113 Å². The fraction of sp³-hybridized carbons (Fsp3) is 0.857. The van der Waals surface area contributed by atoms with Gasteiger partial charge in [0.2, 0.25) is 5.91 Å². The smallest absolute Gasteiger partial charge is 0.307 e. The number of carbonyl (C=O) groups is 2. The molecule has 0 aromatic heterocycles. The van der Waals surface area contributed by atoms with Crippen LogP contribution in [0.25, 0.3) is 0 Å². The summed E-state index contributed by atoms with van der Waals surface area (Å²) in [6.07, 6.45) is 6.28. The summed E-state index contributed by atoms with van der Waals surface area (Å²) in [5.74, 6) is -1.82. The molecule has 0 saturated heterocycles. The zero-order valence-corrected chi connectivity index (χ0v) is 11.3. The van der Waals surface area contributed by atoms with Gasteiger partial charge in [0.05, 0.1) is 18.4 Å². The molecule has 2 aliphatic carbocycles. The fourth-order valence-electron chi connectivity index (χ4n) is 3.56. The SMILES string of the molecule is O=C(O)C1CCCC1C(=O)N(CCO)C1CCCC1. The van der Waals surface area contributed by atoms with E-state index in [0.29, 0.717) is 19.4 Å². The maximum absolute atomic E-state index is 12.6. The second kappa shape index (κ2) is 6.37. The highest BCUT2D eigenvalue weighted by Gasteiger charge is 2.41. The van der Waals surface area contributed by atoms with Crippen LogP contribution in [0, 0.1) is 11.8 Å². The zero-order chi connectivity index (χ0) is 13.8. The Balaban J connectivity index is 2.07. The Kier molecular flexibility index (Phi) is 4.80. The van der Waals surface area contributed by atoms with Crippen molar-refractivity contribution in [2.75, 3.05) is 13.2 Å². The highest BCUT2D eigenvalue weighted by molar-refractivity contribution is 5.85. The van der Waals surface area contributed by atoms with Gasteiger partial charge in [0, 0.05) is 12.6 Å². The predicted molar refractivity (Wildman–Crippen MR) is 69.5 cm³/mol. The molecule has 2 aliphatic rings. The molecule has 0 aliphatic heterocycles. The van der Waals surface area contributed by atoms with Crippen molar-refractivity contribution in [1.29, 1.82) is 0 Å². The quantitative estimate of drug-likeness (QED) is 0.787. The molecular weight excluding hydrogens is 246 g/mol. The first kappa shape index (κ1) is 14.3. The van der Waals surface area contributed by atoms with Crippen molar-refractivity contribution in [2.45, 2.75) is 51.0 Å². The van der Waals surface area contributed by atoms with Gasteiger partial charge in [-0.25, -0.2) is 0 Å². The summed E-state index contributed by atoms with van der Waals surface area (Å²) in [6, 6.07) is 0.203. The molecular formula is C14H23NO4. The van der Waals surface area contributed by atoms with Gasteiger partial charge in [-0.15, -0.1) is 0 Å². The number of rotatable bonds is 5. The Morgan fingerprint density at radius 2 is 1.63 bits per heavy atom. The Bertz CT molecular complexity index is 338. The van der Waals surface area contributed by atoms with Crippen LogP contribution in [0.5, 0.6) is 0 Å². The number of carboxylic acid groups (broad SMARTS) is 1. The van der Waals surface area contributed by atoms with E-state index in [1.54, 1.807) is 4.90 Å². The van der Waals surface area contributed by atoms with Gasteiger partial charge in [-0.3, -0.25) is 9.59 Å². The Morgan fingerprint density at radius 3 is 2.21 bits per heavy atom. The summed E-state index contributed by atoms with van der Waals surface area (Å²) < 4.78 is 0. The maximum atomic E-state index is 12.6. The van der Waals surface area contributed by atoms with E-state index in [0.717, 1.165) is 32.1 Å². The number of aliphatic hydroxyl groups excluding tert-OH is 1. The first-order valence-corrected chi connectivity index (χ1v) is 7.29. The van der Waals surface area contributed by atoms with Crippen LogP contribution in [-0.2, 0) is 9.59 Å². The van der Waals surface area contributed by atoms with Crippen molar-refractivity contribution in [1.82, 2.24) is 4.90 Å². The van der Waals surface area contributed by atoms with E-state index in [1.165, 1.54) is 0 Å². The molecule has 2 unspecified atom stereocenters. The molecule has 108 valence electrons. The van der Waals surface area contributed by atoms with Gasteiger partial charge >= 0.3 is 5.97 Å². The highest BCUT2D eigenvalue weighted by Crippen LogP contribution is 2.35. The van der Waals surface area contributed by atoms with E-state index in [-0.39, 0.29) is 24.5 Å². The normalized spacial score (nSPS) is 27.6. The lowest BCUT2D eigenvalue weighted by Crippen LogP contribution is -2.45. The number of nitrogens with zero attached hydrogens (tertiary/aromatic N) is 1. The minimum Gasteiger partial charge on any atom is -0.481 e. The van der Waals surface area contributed by atoms with Crippen molar-refractivity contribution in [3.63, 3.8) is 0 Å². The van der Waals surface area contributed by atoms with Crippen LogP contribution in [0.4, 0.5) is 0 Å². The number of aliphatic hydroxyl groups is 1. The topological polar surface area (TPSA) is 77.8 Å². The standard InChI is InChI=1S/C14H23NO4/c16-9-8-15(10-4-1-2-5-10)13(17)11-6-3-7-12(11)14(18)19/h10-12,16H,1-9H2,(H,18,19). The van der Waals surface area contributed by atoms with Crippen LogP contribution < -0.4 is 0 Å². The number of amides is 1. The molecule has 2 N–H and O–H groups in total. The molecule has 2 fully saturated rings. The average Bonchev–Trinajstić information content (AvgIpc) is 3.05. The molecule has 2 saturated carbocycles. The molecule has 5 nitrogen and oxygen atoms in total. The molecule has 2 rings (SSSR count). The van der Waals surface area contributed by atoms with Crippen molar-refractivity contribution >= 4 is 11.9 Å². The molecule has 0 heterocycles. The van der Waals surface area contributed by atoms with Crippen LogP contribution in [0.3, 0.4) is 0 Å². The van der Waals surface area contributed by atoms with Crippen LogP contribution in [0.1, 0.15) is 44.9 Å². The molecule has 2 atom stereocenters. The summed E-state index contributed by atoms with van der Waals surface area (Å²) >= 11 is 0. The molecule has 0 radical (unpaired) electrons. The van der Waals surface area contributed by atoms with Gasteiger partial charge in [0.15, 0.2) is 0 Å². The first-order chi connectivity index (χ1) is 9.15. The molecule has 5 heteroatoms. The number of hydrogen-bond acceptors (Lipinski definition) is 3. The monoisotopic (exact) mass is 269 g/mol. The van der Waals surface area contributed by atoms with Crippen molar-refractivity contribution in [3.8, 4) is 0 Å². The Hall–Kier alpha value is -1.10. The summed E-state index contributed by atoms with van der Waals surface area (Å²) in [7, 11) is 0. The predicted octanol–water partition coefficient (Wildman–Crippen LogP) is 1.25. The lowest BCUT2D eigenvalue weighted by molar-refractivity contribution is -0.150. The van der Waals surface area contributed by atoms with Crippen LogP contribution in [-0.4, -0.2) is 46.2 Å². The summed E-state index contributed by atoms with van der Waals surface area (Å²) in [4.78, 5) is 25.5. The first-order valence-electron chi connectivity index (χ1n) is 7.29. The third kappa shape index (κ3) is 3.08. The highest BCUT2D eigenvalue weighted by atomic mass is 16.4. The largest absolute Gasteiger partial charge is 0.481 e. The number of carbonyl (C=O) groups excluding carboxylic acids is 1. The van der Waals surface area contributed by atoms with E-state index in [4.69, 9.17) is 5.11 Å². The van der Waals surface area contributed by atoms with Gasteiger partial charge in [-0.2, -0.15) is 0 Å². The van der Waals surface area contributed by atoms with Crippen molar-refractivity contribution in [2.24, 2.45) is 11.8 Å². The molecule has 0 bridgehead atoms. The van der Waals surface area contributed by atoms with E-state index < -0.39 is 11.9 Å². The minimum absolute atomic E-state index is 0.0489. The Morgan fingerprint density at radius 1 is 1.00 bits per heavy atom. The summed E-state index contributed by atoms with van der Waals surface area (Å²) in [6.45, 7) is 0.291. The zero-order valence-electron chi connectivity index (χ0n) is 11.3. The third-order valence-electron chi connectivity index (χ3n) is 4.54. The van der Waals surface area contributed by atoms with Crippen LogP contribution in [0.2, 0.25) is 0 Å². The van der Waals surface area contributed by atoms with E-state index in [9.17, 15) is 14.7 Å². The van der Waals surface area contributed by atoms with E-state index >= 15 is 0 Å². The lowest BCUT2D eigenvalue weighted by Gasteiger charge is -2.32. The van der Waals surface area contributed by atoms with Gasteiger partial charge in [0.1, 0.15) is 0 Å². The molecule has 0 spiro atoms. The molecule has 1 amide bonds. The number of aliphatic carboxylic acids is 1. The van der Waals surface area contributed by atoms with Gasteiger partial charge < -0.3 is 15.1 Å². The van der Waals surface area contributed by atoms with E-state index in [2.05, 4.69) is 0 Å². The molecule has 0 aromatic rings. The molecule has 0 aromatic carbocycles. The van der Waals surface area contributed by atoms with Gasteiger partial charge in [-0.1, -0.05) is 19.3 Å². The minimum atomic E-state index is -0.855. The second-order valence-electron chi connectivity index (χ2n) is 5.68. The van der Waals surface area contributed by atoms with Gasteiger partial charge in [0.25, 0.3) is 0 Å². The number of hydrogen-bond donors (Lipinski definition) is 2. The van der Waals surface area contributed by atoms with Crippen molar-refractivity contribution < 1.29 is 19.8 Å². The summed E-state index contributed by atoms with van der Waals surface area (Å²) in [5, 5.41) is 18.3. The number of carboxylic acids is 1. The van der Waals surface area contributed by atoms with E-state index in [1.807, 2.05) is 0 Å². The van der Waals surface area contributed by atoms with Crippen molar-refractivity contribution in [3.05, 3.63) is 0 Å². The average molecular weight is 269 g/mol. The second-order valence-corrected chi connectivity index (χ2v) is 5.68. The van der Waals surface area contributed by atoms with Gasteiger partial charge in [-0.05, 0) is 25.7 Å². The lowest BCUT2D eigenvalue weighted by atomic mass is 9.94. The molecule has 19 heavy (non-hydrogen) atoms. The van der Waals surface area contributed by atoms with Crippen LogP contribution >= 0.6 is 0 Å². The third-order valence-corrected chi connectivity index (χ3v) is 4.54. The van der Waals surface area contributed by atoms with Crippen LogP contribution in [0.15, 0.2) is 0 Å². The maximum Gasteiger partial charge on any atom is 0.307 e. The summed E-state index contributed by atoms with van der Waals surface area (Å²) in [5.41, 5.74) is 0. The fourth-order valence-corrected chi connectivity index (χ4v) is 3.56.